The van der Waals surface area contributed by atoms with Gasteiger partial charge in [-0.3, -0.25) is 4.79 Å². The molecule has 0 radical (unpaired) electrons. The van der Waals surface area contributed by atoms with E-state index in [1.165, 1.54) is 11.4 Å². The number of thiophene rings is 1. The van der Waals surface area contributed by atoms with Crippen LogP contribution in [-0.2, 0) is 12.8 Å². The lowest BCUT2D eigenvalue weighted by molar-refractivity contribution is -0.143. The number of nitrogens with one attached hydrogen (secondary N) is 1. The first kappa shape index (κ1) is 22.6. The zero-order valence-electron chi connectivity index (χ0n) is 15.5. The molecule has 3 aromatic rings. The van der Waals surface area contributed by atoms with Crippen LogP contribution in [0.2, 0.25) is 0 Å². The summed E-state index contributed by atoms with van der Waals surface area (Å²) in [6.07, 6.45) is -5.67. The highest BCUT2D eigenvalue weighted by molar-refractivity contribution is 7.12. The fraction of sp³-hybridized carbons (Fsp3) is 0.150. The van der Waals surface area contributed by atoms with Crippen LogP contribution in [0.25, 0.3) is 0 Å². The Labute approximate surface area is 175 Å². The molecule has 2 aromatic carbocycles. The Bertz CT molecular complexity index is 1090. The average Bonchev–Trinajstić information content (AvgIpc) is 3.17. The minimum atomic E-state index is -5.67. The highest BCUT2D eigenvalue weighted by atomic mass is 32.1. The number of rotatable bonds is 5. The Hall–Kier alpha value is -3.08. The summed E-state index contributed by atoms with van der Waals surface area (Å²) in [4.78, 5) is 12.1. The number of carbonyl (C=O) groups excluding carboxylic acids is 1. The fourth-order valence-electron chi connectivity index (χ4n) is 2.54. The van der Waals surface area contributed by atoms with Crippen molar-refractivity contribution in [1.29, 1.82) is 0 Å². The van der Waals surface area contributed by atoms with Crippen LogP contribution in [0.15, 0.2) is 35.7 Å². The molecule has 1 heterocycles. The van der Waals surface area contributed by atoms with E-state index in [1.54, 1.807) is 17.4 Å². The summed E-state index contributed by atoms with van der Waals surface area (Å²) in [6.45, 7) is 1.95. The van der Waals surface area contributed by atoms with Gasteiger partial charge in [0.25, 0.3) is 5.91 Å². The Morgan fingerprint density at radius 1 is 1.00 bits per heavy atom. The van der Waals surface area contributed by atoms with Crippen LogP contribution in [-0.4, -0.2) is 5.91 Å². The smallest absolute Gasteiger partial charge is 0.422 e. The topological polar surface area (TPSA) is 38.3 Å². The molecule has 31 heavy (non-hydrogen) atoms. The molecule has 11 heteroatoms. The zero-order valence-corrected chi connectivity index (χ0v) is 16.4. The quantitative estimate of drug-likeness (QED) is 0.348. The second-order valence-corrected chi connectivity index (χ2v) is 7.29. The first-order valence-electron chi connectivity index (χ1n) is 8.50. The van der Waals surface area contributed by atoms with Crippen molar-refractivity contribution in [3.63, 3.8) is 0 Å². The lowest BCUT2D eigenvalue weighted by atomic mass is 10.1. The number of anilines is 1. The minimum Gasteiger partial charge on any atom is -0.489 e. The summed E-state index contributed by atoms with van der Waals surface area (Å²) in [5.74, 6) is -10.6. The molecule has 164 valence electrons. The van der Waals surface area contributed by atoms with Gasteiger partial charge >= 0.3 is 6.18 Å². The van der Waals surface area contributed by atoms with Gasteiger partial charge in [-0.1, -0.05) is 17.7 Å². The molecule has 3 nitrogen and oxygen atoms in total. The standard InChI is InChI=1S/C20H12F7NO2S/c1-9-2-4-11(5-3-9)30-7-10-6-12(31-8-10)19(29)28-18-16(23)14(21)13(20(25,26)27)15(22)17(18)24/h2-6,8H,7H2,1H3,(H,28,29). The van der Waals surface area contributed by atoms with Crippen molar-refractivity contribution in [1.82, 2.24) is 0 Å². The van der Waals surface area contributed by atoms with Gasteiger partial charge in [0.05, 0.1) is 4.88 Å². The molecule has 0 spiro atoms. The largest absolute Gasteiger partial charge is 0.489 e. The predicted molar refractivity (Wildman–Crippen MR) is 99.1 cm³/mol. The van der Waals surface area contributed by atoms with Gasteiger partial charge in [0, 0.05) is 5.56 Å². The first-order chi connectivity index (χ1) is 14.5. The molecule has 0 saturated heterocycles. The SMILES string of the molecule is Cc1ccc(OCc2csc(C(=O)Nc3c(F)c(F)c(C(F)(F)F)c(F)c3F)c2)cc1. The van der Waals surface area contributed by atoms with Crippen LogP contribution in [0.1, 0.15) is 26.4 Å². The lowest BCUT2D eigenvalue weighted by Gasteiger charge is -2.14. The van der Waals surface area contributed by atoms with Gasteiger partial charge in [0.15, 0.2) is 23.3 Å². The van der Waals surface area contributed by atoms with Gasteiger partial charge in [-0.05, 0) is 30.5 Å². The second-order valence-electron chi connectivity index (χ2n) is 6.38. The van der Waals surface area contributed by atoms with Crippen molar-refractivity contribution in [3.05, 3.63) is 80.5 Å². The van der Waals surface area contributed by atoms with E-state index in [4.69, 9.17) is 4.74 Å². The van der Waals surface area contributed by atoms with E-state index >= 15 is 0 Å². The van der Waals surface area contributed by atoms with Crippen molar-refractivity contribution in [2.24, 2.45) is 0 Å². The molecule has 1 N–H and O–H groups in total. The van der Waals surface area contributed by atoms with Crippen LogP contribution in [0.3, 0.4) is 0 Å². The van der Waals surface area contributed by atoms with Crippen LogP contribution >= 0.6 is 11.3 Å². The normalized spacial score (nSPS) is 11.5. The molecule has 0 fully saturated rings. The third-order valence-corrected chi connectivity index (χ3v) is 5.07. The van der Waals surface area contributed by atoms with Crippen molar-refractivity contribution in [2.75, 3.05) is 5.32 Å². The van der Waals surface area contributed by atoms with Gasteiger partial charge in [-0.2, -0.15) is 13.2 Å². The van der Waals surface area contributed by atoms with E-state index in [2.05, 4.69) is 0 Å². The number of ether oxygens (including phenoxy) is 1. The van der Waals surface area contributed by atoms with Gasteiger partial charge < -0.3 is 10.1 Å². The Kier molecular flexibility index (Phi) is 6.25. The maximum atomic E-state index is 13.9. The summed E-state index contributed by atoms with van der Waals surface area (Å²) in [6, 6.07) is 8.42. The third-order valence-electron chi connectivity index (χ3n) is 4.09. The molecule has 1 aromatic heterocycles. The van der Waals surface area contributed by atoms with Crippen LogP contribution < -0.4 is 10.1 Å². The van der Waals surface area contributed by atoms with Crippen molar-refractivity contribution < 1.29 is 40.3 Å². The summed E-state index contributed by atoms with van der Waals surface area (Å²) < 4.78 is 98.7. The van der Waals surface area contributed by atoms with E-state index in [9.17, 15) is 35.5 Å². The maximum Gasteiger partial charge on any atom is 0.422 e. The monoisotopic (exact) mass is 463 g/mol. The highest BCUT2D eigenvalue weighted by Gasteiger charge is 2.42. The van der Waals surface area contributed by atoms with Crippen molar-refractivity contribution >= 4 is 22.9 Å². The van der Waals surface area contributed by atoms with Crippen LogP contribution in [0.4, 0.5) is 36.4 Å². The van der Waals surface area contributed by atoms with E-state index in [1.807, 2.05) is 19.1 Å². The number of halogens is 7. The van der Waals surface area contributed by atoms with Gasteiger partial charge in [0.1, 0.15) is 23.6 Å². The van der Waals surface area contributed by atoms with Gasteiger partial charge in [-0.25, -0.2) is 17.6 Å². The molecule has 0 aliphatic carbocycles. The predicted octanol–water partition coefficient (Wildman–Crippen LogP) is 6.46. The number of carbonyl (C=O) groups is 1. The molecule has 0 bridgehead atoms. The summed E-state index contributed by atoms with van der Waals surface area (Å²) in [5, 5.41) is 3.09. The third kappa shape index (κ3) is 4.82. The molecule has 3 rings (SSSR count). The zero-order chi connectivity index (χ0) is 22.9. The Morgan fingerprint density at radius 2 is 1.58 bits per heavy atom. The van der Waals surface area contributed by atoms with E-state index < -0.39 is 46.6 Å². The summed E-state index contributed by atoms with van der Waals surface area (Å²) in [7, 11) is 0. The summed E-state index contributed by atoms with van der Waals surface area (Å²) >= 11 is 0.838. The maximum absolute atomic E-state index is 13.9. The molecule has 1 amide bonds. The van der Waals surface area contributed by atoms with Crippen LogP contribution in [0.5, 0.6) is 5.75 Å². The molecular formula is C20H12F7NO2S. The lowest BCUT2D eigenvalue weighted by Crippen LogP contribution is -2.19. The minimum absolute atomic E-state index is 0.0547. The number of hydrogen-bond acceptors (Lipinski definition) is 3. The molecule has 0 unspecified atom stereocenters. The van der Waals surface area contributed by atoms with E-state index in [0.29, 0.717) is 11.3 Å². The number of hydrogen-bond donors (Lipinski definition) is 1. The molecular weight excluding hydrogens is 451 g/mol. The molecule has 0 atom stereocenters. The van der Waals surface area contributed by atoms with Crippen molar-refractivity contribution in [3.8, 4) is 5.75 Å². The van der Waals surface area contributed by atoms with Gasteiger partial charge in [-0.15, -0.1) is 11.3 Å². The first-order valence-corrected chi connectivity index (χ1v) is 9.38. The second kappa shape index (κ2) is 8.58. The number of benzene rings is 2. The Morgan fingerprint density at radius 3 is 2.13 bits per heavy atom. The molecule has 0 aliphatic rings. The van der Waals surface area contributed by atoms with Crippen molar-refractivity contribution in [2.45, 2.75) is 19.7 Å². The average molecular weight is 463 g/mol. The fourth-order valence-corrected chi connectivity index (χ4v) is 3.33. The van der Waals surface area contributed by atoms with Gasteiger partial charge in [0.2, 0.25) is 0 Å². The van der Waals surface area contributed by atoms with Crippen LogP contribution in [0, 0.1) is 30.2 Å². The molecule has 0 aliphatic heterocycles. The number of amides is 1. The number of aryl methyl sites for hydroxylation is 1. The van der Waals surface area contributed by atoms with E-state index in [-0.39, 0.29) is 11.5 Å². The summed E-state index contributed by atoms with van der Waals surface area (Å²) in [5.41, 5.74) is -2.83. The van der Waals surface area contributed by atoms with E-state index in [0.717, 1.165) is 16.9 Å². The number of alkyl halides is 3. The molecule has 0 saturated carbocycles. The Balaban J connectivity index is 1.77. The highest BCUT2D eigenvalue weighted by Crippen LogP contribution is 2.38.